The van der Waals surface area contributed by atoms with E-state index in [1.807, 2.05) is 45.9 Å². The zero-order valence-corrected chi connectivity index (χ0v) is 13.8. The monoisotopic (exact) mass is 310 g/mol. The number of hydrogen-bond acceptors (Lipinski definition) is 3. The number of carbonyl (C=O) groups is 1. The molecule has 1 atom stereocenters. The Morgan fingerprint density at radius 3 is 2.67 bits per heavy atom. The van der Waals surface area contributed by atoms with Crippen molar-refractivity contribution in [1.82, 2.24) is 10.6 Å². The van der Waals surface area contributed by atoms with Crippen LogP contribution in [0.2, 0.25) is 0 Å². The Labute approximate surface area is 131 Å². The topological polar surface area (TPSA) is 54.3 Å². The Bertz CT molecular complexity index is 622. The standard InChI is InChI=1S/C16H22N2O2.ClH/c1-5-17-11(3)9-18-16(19)15-12(4)13-8-6-7-10(2)14(13)20-15;/h6-8,11,17H,5,9H2,1-4H3,(H,18,19);1H/t11-;/m1./s1. The Morgan fingerprint density at radius 2 is 2.05 bits per heavy atom. The molecule has 0 unspecified atom stereocenters. The maximum absolute atomic E-state index is 12.2. The van der Waals surface area contributed by atoms with Gasteiger partial charge in [-0.1, -0.05) is 25.1 Å². The van der Waals surface area contributed by atoms with Gasteiger partial charge in [-0.15, -0.1) is 12.4 Å². The van der Waals surface area contributed by atoms with E-state index in [9.17, 15) is 4.79 Å². The van der Waals surface area contributed by atoms with Crippen LogP contribution in [0.15, 0.2) is 22.6 Å². The molecule has 0 saturated carbocycles. The highest BCUT2D eigenvalue weighted by Crippen LogP contribution is 2.27. The molecule has 0 aliphatic carbocycles. The lowest BCUT2D eigenvalue weighted by atomic mass is 10.1. The summed E-state index contributed by atoms with van der Waals surface area (Å²) in [5, 5.41) is 7.18. The number of para-hydroxylation sites is 1. The van der Waals surface area contributed by atoms with Crippen molar-refractivity contribution in [3.63, 3.8) is 0 Å². The molecular weight excluding hydrogens is 288 g/mol. The van der Waals surface area contributed by atoms with Crippen molar-refractivity contribution in [1.29, 1.82) is 0 Å². The molecule has 21 heavy (non-hydrogen) atoms. The summed E-state index contributed by atoms with van der Waals surface area (Å²) in [7, 11) is 0. The van der Waals surface area contributed by atoms with Crippen molar-refractivity contribution in [2.24, 2.45) is 0 Å². The van der Waals surface area contributed by atoms with Crippen LogP contribution in [0, 0.1) is 13.8 Å². The normalized spacial score (nSPS) is 12.0. The van der Waals surface area contributed by atoms with Gasteiger partial charge >= 0.3 is 0 Å². The molecule has 0 bridgehead atoms. The fraction of sp³-hybridized carbons (Fsp3) is 0.438. The van der Waals surface area contributed by atoms with Gasteiger partial charge in [0, 0.05) is 23.5 Å². The summed E-state index contributed by atoms with van der Waals surface area (Å²) >= 11 is 0. The van der Waals surface area contributed by atoms with Crippen molar-refractivity contribution in [2.45, 2.75) is 33.7 Å². The van der Waals surface area contributed by atoms with E-state index < -0.39 is 0 Å². The number of rotatable bonds is 5. The lowest BCUT2D eigenvalue weighted by Crippen LogP contribution is -2.38. The van der Waals surface area contributed by atoms with Gasteiger partial charge in [0.15, 0.2) is 5.76 Å². The van der Waals surface area contributed by atoms with E-state index in [1.165, 1.54) is 0 Å². The SMILES string of the molecule is CCN[C@H](C)CNC(=O)c1oc2c(C)cccc2c1C.Cl. The van der Waals surface area contributed by atoms with Gasteiger partial charge in [0.1, 0.15) is 5.58 Å². The summed E-state index contributed by atoms with van der Waals surface area (Å²) in [5.74, 6) is 0.265. The molecule has 1 heterocycles. The van der Waals surface area contributed by atoms with E-state index in [2.05, 4.69) is 10.6 Å². The fourth-order valence-corrected chi connectivity index (χ4v) is 2.35. The summed E-state index contributed by atoms with van der Waals surface area (Å²) in [4.78, 5) is 12.2. The molecule has 1 amide bonds. The molecule has 4 nitrogen and oxygen atoms in total. The lowest BCUT2D eigenvalue weighted by molar-refractivity contribution is 0.0924. The number of nitrogens with one attached hydrogen (secondary N) is 2. The number of benzene rings is 1. The van der Waals surface area contributed by atoms with E-state index in [1.54, 1.807) is 0 Å². The summed E-state index contributed by atoms with van der Waals surface area (Å²) < 4.78 is 5.75. The van der Waals surface area contributed by atoms with Crippen LogP contribution >= 0.6 is 12.4 Å². The third kappa shape index (κ3) is 3.77. The van der Waals surface area contributed by atoms with Gasteiger partial charge in [-0.25, -0.2) is 0 Å². The molecule has 0 saturated heterocycles. The summed E-state index contributed by atoms with van der Waals surface area (Å²) in [5.41, 5.74) is 2.75. The van der Waals surface area contributed by atoms with Gasteiger partial charge in [-0.05, 0) is 32.9 Å². The third-order valence-corrected chi connectivity index (χ3v) is 3.49. The van der Waals surface area contributed by atoms with Gasteiger partial charge < -0.3 is 15.1 Å². The largest absolute Gasteiger partial charge is 0.450 e. The van der Waals surface area contributed by atoms with Gasteiger partial charge in [0.05, 0.1) is 0 Å². The Kier molecular flexibility index (Phi) is 6.24. The zero-order valence-electron chi connectivity index (χ0n) is 12.9. The van der Waals surface area contributed by atoms with Crippen molar-refractivity contribution >= 4 is 29.3 Å². The van der Waals surface area contributed by atoms with Gasteiger partial charge in [-0.2, -0.15) is 0 Å². The number of hydrogen-bond donors (Lipinski definition) is 2. The first-order chi connectivity index (χ1) is 9.54. The second-order valence-corrected chi connectivity index (χ2v) is 5.18. The number of amides is 1. The van der Waals surface area contributed by atoms with E-state index >= 15 is 0 Å². The smallest absolute Gasteiger partial charge is 0.287 e. The van der Waals surface area contributed by atoms with E-state index in [4.69, 9.17) is 4.42 Å². The molecule has 0 radical (unpaired) electrons. The van der Waals surface area contributed by atoms with Crippen LogP contribution in [-0.2, 0) is 0 Å². The number of aryl methyl sites for hydroxylation is 2. The van der Waals surface area contributed by atoms with Crippen LogP contribution in [0.25, 0.3) is 11.0 Å². The quantitative estimate of drug-likeness (QED) is 0.891. The molecule has 0 spiro atoms. The van der Waals surface area contributed by atoms with E-state index in [0.29, 0.717) is 12.3 Å². The van der Waals surface area contributed by atoms with Crippen LogP contribution in [0.4, 0.5) is 0 Å². The highest BCUT2D eigenvalue weighted by molar-refractivity contribution is 5.99. The summed E-state index contributed by atoms with van der Waals surface area (Å²) in [6.07, 6.45) is 0. The average Bonchev–Trinajstić information content (AvgIpc) is 2.76. The summed E-state index contributed by atoms with van der Waals surface area (Å²) in [6, 6.07) is 6.20. The molecule has 2 N–H and O–H groups in total. The van der Waals surface area contributed by atoms with Gasteiger partial charge in [0.2, 0.25) is 0 Å². The number of fused-ring (bicyclic) bond motifs is 1. The molecule has 0 aliphatic rings. The molecule has 5 heteroatoms. The minimum absolute atomic E-state index is 0. The van der Waals surface area contributed by atoms with Crippen molar-refractivity contribution in [3.8, 4) is 0 Å². The minimum atomic E-state index is -0.150. The Hall–Kier alpha value is -1.52. The highest BCUT2D eigenvalue weighted by Gasteiger charge is 2.18. The molecule has 0 fully saturated rings. The van der Waals surface area contributed by atoms with Crippen LogP contribution in [0.3, 0.4) is 0 Å². The highest BCUT2D eigenvalue weighted by atomic mass is 35.5. The first-order valence-electron chi connectivity index (χ1n) is 7.04. The molecule has 0 aliphatic heterocycles. The first-order valence-corrected chi connectivity index (χ1v) is 7.04. The maximum atomic E-state index is 12.2. The van der Waals surface area contributed by atoms with Crippen molar-refractivity contribution in [3.05, 3.63) is 35.1 Å². The second kappa shape index (κ2) is 7.48. The molecule has 116 valence electrons. The average molecular weight is 311 g/mol. The van der Waals surface area contributed by atoms with E-state index in [-0.39, 0.29) is 24.4 Å². The van der Waals surface area contributed by atoms with Gasteiger partial charge in [-0.3, -0.25) is 4.79 Å². The fourth-order valence-electron chi connectivity index (χ4n) is 2.35. The van der Waals surface area contributed by atoms with Crippen molar-refractivity contribution < 1.29 is 9.21 Å². The predicted molar refractivity (Wildman–Crippen MR) is 88.4 cm³/mol. The van der Waals surface area contributed by atoms with Gasteiger partial charge in [0.25, 0.3) is 5.91 Å². The molecule has 1 aromatic heterocycles. The lowest BCUT2D eigenvalue weighted by Gasteiger charge is -2.12. The Balaban J connectivity index is 0.00000220. The van der Waals surface area contributed by atoms with Crippen LogP contribution < -0.4 is 10.6 Å². The molecule has 2 aromatic rings. The maximum Gasteiger partial charge on any atom is 0.287 e. The van der Waals surface area contributed by atoms with Crippen LogP contribution in [0.1, 0.15) is 35.5 Å². The number of carbonyl (C=O) groups excluding carboxylic acids is 1. The van der Waals surface area contributed by atoms with E-state index in [0.717, 1.165) is 28.6 Å². The number of likely N-dealkylation sites (N-methyl/N-ethyl adjacent to an activating group) is 1. The number of furan rings is 1. The van der Waals surface area contributed by atoms with Crippen LogP contribution in [-0.4, -0.2) is 25.0 Å². The molecule has 2 rings (SSSR count). The second-order valence-electron chi connectivity index (χ2n) is 5.18. The first kappa shape index (κ1) is 17.5. The molecule has 1 aromatic carbocycles. The number of halogens is 1. The zero-order chi connectivity index (χ0) is 14.7. The third-order valence-electron chi connectivity index (χ3n) is 3.49. The van der Waals surface area contributed by atoms with Crippen molar-refractivity contribution in [2.75, 3.05) is 13.1 Å². The summed E-state index contributed by atoms with van der Waals surface area (Å²) in [6.45, 7) is 9.47. The predicted octanol–water partition coefficient (Wildman–Crippen LogP) is 3.20. The Morgan fingerprint density at radius 1 is 1.33 bits per heavy atom. The minimum Gasteiger partial charge on any atom is -0.450 e. The van der Waals surface area contributed by atoms with Crippen LogP contribution in [0.5, 0.6) is 0 Å². The molecular formula is C16H23ClN2O2.